The van der Waals surface area contributed by atoms with Gasteiger partial charge in [-0.25, -0.2) is 0 Å². The summed E-state index contributed by atoms with van der Waals surface area (Å²) in [5, 5.41) is 8.34. The summed E-state index contributed by atoms with van der Waals surface area (Å²) >= 11 is 0. The maximum atomic E-state index is 10.7. The lowest BCUT2D eigenvalue weighted by atomic mass is 10.2. The molecule has 0 aliphatic heterocycles. The van der Waals surface area contributed by atoms with Gasteiger partial charge in [0.25, 0.3) is 0 Å². The first-order valence-corrected chi connectivity index (χ1v) is 4.73. The topological polar surface area (TPSA) is 76.4 Å². The largest absolute Gasteiger partial charge is 0.462 e. The van der Waals surface area contributed by atoms with Crippen LogP contribution in [0.25, 0.3) is 0 Å². The number of unbranched alkanes of at least 4 members (excludes halogenated alkanes) is 1. The third-order valence-corrected chi connectivity index (χ3v) is 1.62. The lowest BCUT2D eigenvalue weighted by Crippen LogP contribution is -2.23. The van der Waals surface area contributed by atoms with Crippen LogP contribution in [0.1, 0.15) is 33.1 Å². The van der Waals surface area contributed by atoms with Gasteiger partial charge in [-0.1, -0.05) is 0 Å². The summed E-state index contributed by atoms with van der Waals surface area (Å²) in [6.45, 7) is 2.64. The standard InChI is InChI=1S/C10H15NO4/c1-8(12)14-7-10(15-9(2)13)5-3-4-6-11/h10H,3-5,7H2,1-2H3/t10-/m1/s1. The van der Waals surface area contributed by atoms with Crippen molar-refractivity contribution in [2.75, 3.05) is 6.61 Å². The van der Waals surface area contributed by atoms with Gasteiger partial charge in [0, 0.05) is 20.3 Å². The first kappa shape index (κ1) is 13.4. The van der Waals surface area contributed by atoms with Gasteiger partial charge in [0.15, 0.2) is 0 Å². The third-order valence-electron chi connectivity index (χ3n) is 1.62. The van der Waals surface area contributed by atoms with E-state index in [4.69, 9.17) is 14.7 Å². The number of nitrogens with zero attached hydrogens (tertiary/aromatic N) is 1. The number of hydrogen-bond donors (Lipinski definition) is 0. The number of nitriles is 1. The number of carbonyl (C=O) groups excluding carboxylic acids is 2. The molecule has 0 saturated carbocycles. The summed E-state index contributed by atoms with van der Waals surface area (Å²) in [7, 11) is 0. The fourth-order valence-electron chi connectivity index (χ4n) is 1.03. The normalized spacial score (nSPS) is 11.3. The van der Waals surface area contributed by atoms with Crippen molar-refractivity contribution in [2.45, 2.75) is 39.2 Å². The van der Waals surface area contributed by atoms with E-state index in [1.807, 2.05) is 6.07 Å². The molecule has 0 aliphatic rings. The number of carbonyl (C=O) groups is 2. The molecule has 0 saturated heterocycles. The Kier molecular flexibility index (Phi) is 6.98. The fourth-order valence-corrected chi connectivity index (χ4v) is 1.03. The molecule has 0 amide bonds. The minimum Gasteiger partial charge on any atom is -0.462 e. The molecule has 0 aliphatic carbocycles. The highest BCUT2D eigenvalue weighted by atomic mass is 16.6. The van der Waals surface area contributed by atoms with E-state index in [0.717, 1.165) is 0 Å². The van der Waals surface area contributed by atoms with Crippen LogP contribution in [-0.4, -0.2) is 24.6 Å². The van der Waals surface area contributed by atoms with Gasteiger partial charge < -0.3 is 9.47 Å². The van der Waals surface area contributed by atoms with E-state index < -0.39 is 18.0 Å². The monoisotopic (exact) mass is 213 g/mol. The van der Waals surface area contributed by atoms with E-state index in [0.29, 0.717) is 19.3 Å². The molecule has 0 spiro atoms. The Hall–Kier alpha value is -1.57. The second-order valence-corrected chi connectivity index (χ2v) is 3.08. The van der Waals surface area contributed by atoms with E-state index in [1.165, 1.54) is 13.8 Å². The molecule has 84 valence electrons. The molecule has 0 aromatic heterocycles. The van der Waals surface area contributed by atoms with E-state index in [-0.39, 0.29) is 6.61 Å². The van der Waals surface area contributed by atoms with Gasteiger partial charge >= 0.3 is 11.9 Å². The lowest BCUT2D eigenvalue weighted by Gasteiger charge is -2.15. The molecular weight excluding hydrogens is 198 g/mol. The molecule has 0 aromatic carbocycles. The van der Waals surface area contributed by atoms with Gasteiger partial charge in [0.2, 0.25) is 0 Å². The Morgan fingerprint density at radius 2 is 2.00 bits per heavy atom. The number of rotatable bonds is 6. The molecule has 0 rings (SSSR count). The van der Waals surface area contributed by atoms with E-state index in [1.54, 1.807) is 0 Å². The van der Waals surface area contributed by atoms with Crippen molar-refractivity contribution in [3.8, 4) is 6.07 Å². The average molecular weight is 213 g/mol. The van der Waals surface area contributed by atoms with Crippen LogP contribution >= 0.6 is 0 Å². The molecule has 0 radical (unpaired) electrons. The third kappa shape index (κ3) is 8.75. The molecule has 5 heteroatoms. The van der Waals surface area contributed by atoms with Gasteiger partial charge in [-0.3, -0.25) is 9.59 Å². The van der Waals surface area contributed by atoms with Crippen LogP contribution in [-0.2, 0) is 19.1 Å². The van der Waals surface area contributed by atoms with Crippen LogP contribution in [0.5, 0.6) is 0 Å². The minimum absolute atomic E-state index is 0.0559. The molecule has 15 heavy (non-hydrogen) atoms. The first-order chi connectivity index (χ1) is 7.06. The second-order valence-electron chi connectivity index (χ2n) is 3.08. The van der Waals surface area contributed by atoms with E-state index in [9.17, 15) is 9.59 Å². The Labute approximate surface area is 89.0 Å². The van der Waals surface area contributed by atoms with Crippen molar-refractivity contribution in [2.24, 2.45) is 0 Å². The summed E-state index contributed by atoms with van der Waals surface area (Å²) in [6, 6.07) is 1.99. The zero-order valence-corrected chi connectivity index (χ0v) is 8.99. The summed E-state index contributed by atoms with van der Waals surface area (Å²) in [6.07, 6.45) is 1.10. The van der Waals surface area contributed by atoms with Crippen molar-refractivity contribution in [3.05, 3.63) is 0 Å². The van der Waals surface area contributed by atoms with Crippen molar-refractivity contribution in [1.29, 1.82) is 5.26 Å². The number of hydrogen-bond acceptors (Lipinski definition) is 5. The van der Waals surface area contributed by atoms with Crippen LogP contribution in [0.4, 0.5) is 0 Å². The molecule has 0 bridgehead atoms. The first-order valence-electron chi connectivity index (χ1n) is 4.73. The highest BCUT2D eigenvalue weighted by molar-refractivity contribution is 5.67. The molecule has 0 unspecified atom stereocenters. The van der Waals surface area contributed by atoms with E-state index in [2.05, 4.69) is 0 Å². The molecule has 0 fully saturated rings. The maximum absolute atomic E-state index is 10.7. The molecular formula is C10H15NO4. The number of ether oxygens (including phenoxy) is 2. The molecule has 0 heterocycles. The SMILES string of the molecule is CC(=O)OC[C@@H](CCCC#N)OC(C)=O. The zero-order chi connectivity index (χ0) is 11.7. The van der Waals surface area contributed by atoms with Crippen molar-refractivity contribution in [1.82, 2.24) is 0 Å². The summed E-state index contributed by atoms with van der Waals surface area (Å²) in [4.78, 5) is 21.3. The van der Waals surface area contributed by atoms with Crippen LogP contribution < -0.4 is 0 Å². The van der Waals surface area contributed by atoms with Crippen LogP contribution in [0.3, 0.4) is 0 Å². The Balaban J connectivity index is 3.89. The summed E-state index contributed by atoms with van der Waals surface area (Å²) in [5.74, 6) is -0.823. The van der Waals surface area contributed by atoms with Crippen LogP contribution in [0, 0.1) is 11.3 Å². The average Bonchev–Trinajstić information content (AvgIpc) is 2.13. The van der Waals surface area contributed by atoms with Gasteiger partial charge in [-0.15, -0.1) is 0 Å². The lowest BCUT2D eigenvalue weighted by molar-refractivity contribution is -0.156. The van der Waals surface area contributed by atoms with Gasteiger partial charge in [0.1, 0.15) is 12.7 Å². The van der Waals surface area contributed by atoms with Gasteiger partial charge in [0.05, 0.1) is 6.07 Å². The predicted molar refractivity (Wildman–Crippen MR) is 51.7 cm³/mol. The van der Waals surface area contributed by atoms with Crippen molar-refractivity contribution < 1.29 is 19.1 Å². The number of esters is 2. The smallest absolute Gasteiger partial charge is 0.303 e. The Morgan fingerprint density at radius 1 is 1.33 bits per heavy atom. The van der Waals surface area contributed by atoms with E-state index >= 15 is 0 Å². The Bertz CT molecular complexity index is 257. The van der Waals surface area contributed by atoms with Crippen molar-refractivity contribution >= 4 is 11.9 Å². The molecule has 5 nitrogen and oxygen atoms in total. The van der Waals surface area contributed by atoms with Gasteiger partial charge in [-0.05, 0) is 12.8 Å². The zero-order valence-electron chi connectivity index (χ0n) is 8.99. The highest BCUT2D eigenvalue weighted by Crippen LogP contribution is 2.06. The minimum atomic E-state index is -0.445. The second kappa shape index (κ2) is 7.80. The van der Waals surface area contributed by atoms with Crippen LogP contribution in [0.15, 0.2) is 0 Å². The van der Waals surface area contributed by atoms with Gasteiger partial charge in [-0.2, -0.15) is 5.26 Å². The maximum Gasteiger partial charge on any atom is 0.303 e. The molecule has 0 N–H and O–H groups in total. The molecule has 0 aromatic rings. The summed E-state index contributed by atoms with van der Waals surface area (Å²) < 4.78 is 9.66. The quantitative estimate of drug-likeness (QED) is 0.489. The molecule has 1 atom stereocenters. The van der Waals surface area contributed by atoms with Crippen molar-refractivity contribution in [3.63, 3.8) is 0 Å². The fraction of sp³-hybridized carbons (Fsp3) is 0.700. The van der Waals surface area contributed by atoms with Crippen LogP contribution in [0.2, 0.25) is 0 Å². The highest BCUT2D eigenvalue weighted by Gasteiger charge is 2.13. The predicted octanol–water partition coefficient (Wildman–Crippen LogP) is 1.18. The Morgan fingerprint density at radius 3 is 2.47 bits per heavy atom. The summed E-state index contributed by atoms with van der Waals surface area (Å²) in [5.41, 5.74) is 0.